The van der Waals surface area contributed by atoms with E-state index in [4.69, 9.17) is 4.74 Å². The van der Waals surface area contributed by atoms with Crippen LogP contribution in [0.1, 0.15) is 28.7 Å². The lowest BCUT2D eigenvalue weighted by molar-refractivity contribution is -0.144. The van der Waals surface area contributed by atoms with Crippen LogP contribution in [0, 0.1) is 5.92 Å². The molecule has 0 saturated heterocycles. The molecule has 7 nitrogen and oxygen atoms in total. The number of hydrogen-bond acceptors (Lipinski definition) is 5. The summed E-state index contributed by atoms with van der Waals surface area (Å²) in [6, 6.07) is 25.1. The molecule has 36 heavy (non-hydrogen) atoms. The van der Waals surface area contributed by atoms with Gasteiger partial charge in [-0.2, -0.15) is 0 Å². The molecule has 186 valence electrons. The Kier molecular flexibility index (Phi) is 8.34. The van der Waals surface area contributed by atoms with Gasteiger partial charge in [-0.05, 0) is 47.2 Å². The van der Waals surface area contributed by atoms with Crippen LogP contribution in [0.2, 0.25) is 0 Å². The lowest BCUT2D eigenvalue weighted by atomic mass is 9.94. The highest BCUT2D eigenvalue weighted by Crippen LogP contribution is 2.28. The van der Waals surface area contributed by atoms with Gasteiger partial charge in [0.05, 0.1) is 12.3 Å². The van der Waals surface area contributed by atoms with Crippen molar-refractivity contribution in [2.45, 2.75) is 32.4 Å². The zero-order valence-electron chi connectivity index (χ0n) is 20.1. The maximum Gasteiger partial charge on any atom is 0.325 e. The molecule has 0 aliphatic carbocycles. The number of aliphatic carboxylic acids is 1. The maximum atomic E-state index is 13.2. The first-order valence-electron chi connectivity index (χ1n) is 12.1. The fourth-order valence-electron chi connectivity index (χ4n) is 4.41. The first kappa shape index (κ1) is 25.0. The summed E-state index contributed by atoms with van der Waals surface area (Å²) in [6.45, 7) is 1.16. The first-order valence-corrected chi connectivity index (χ1v) is 12.1. The van der Waals surface area contributed by atoms with Gasteiger partial charge in [-0.15, -0.1) is 0 Å². The van der Waals surface area contributed by atoms with Crippen molar-refractivity contribution in [1.82, 2.24) is 4.90 Å². The number of amides is 1. The molecular weight excluding hydrogens is 456 g/mol. The number of carbonyl (C=O) groups excluding carboxylic acids is 2. The van der Waals surface area contributed by atoms with Gasteiger partial charge in [-0.1, -0.05) is 66.7 Å². The smallest absolute Gasteiger partial charge is 0.325 e. The molecule has 7 heteroatoms. The molecule has 1 aliphatic rings. The van der Waals surface area contributed by atoms with E-state index < -0.39 is 11.9 Å². The minimum absolute atomic E-state index is 0.00626. The minimum Gasteiger partial charge on any atom is -0.481 e. The van der Waals surface area contributed by atoms with E-state index in [1.54, 1.807) is 4.90 Å². The van der Waals surface area contributed by atoms with E-state index in [2.05, 4.69) is 5.32 Å². The van der Waals surface area contributed by atoms with Gasteiger partial charge >= 0.3 is 11.9 Å². The fourth-order valence-corrected chi connectivity index (χ4v) is 4.41. The number of nitrogens with zero attached hydrogens (tertiary/aromatic N) is 1. The van der Waals surface area contributed by atoms with Crippen molar-refractivity contribution >= 4 is 23.5 Å². The molecule has 0 bridgehead atoms. The molecule has 0 aromatic heterocycles. The van der Waals surface area contributed by atoms with Crippen LogP contribution in [-0.4, -0.2) is 40.9 Å². The van der Waals surface area contributed by atoms with Gasteiger partial charge in [0.25, 0.3) is 0 Å². The minimum atomic E-state index is -0.991. The number of esters is 1. The highest BCUT2D eigenvalue weighted by atomic mass is 16.5. The van der Waals surface area contributed by atoms with Crippen LogP contribution >= 0.6 is 0 Å². The second-order valence-electron chi connectivity index (χ2n) is 8.98. The van der Waals surface area contributed by atoms with E-state index in [-0.39, 0.29) is 31.4 Å². The average Bonchev–Trinajstić information content (AvgIpc) is 3.01. The Morgan fingerprint density at radius 2 is 1.64 bits per heavy atom. The fraction of sp³-hybridized carbons (Fsp3) is 0.276. The molecule has 3 aromatic carbocycles. The Labute approximate surface area is 210 Å². The molecule has 1 heterocycles. The molecule has 0 saturated carbocycles. The van der Waals surface area contributed by atoms with Gasteiger partial charge in [0.2, 0.25) is 5.91 Å². The van der Waals surface area contributed by atoms with Crippen molar-refractivity contribution in [1.29, 1.82) is 0 Å². The highest BCUT2D eigenvalue weighted by molar-refractivity contribution is 5.84. The van der Waals surface area contributed by atoms with Crippen LogP contribution in [0.15, 0.2) is 78.9 Å². The standard InChI is InChI=1S/C29H30N2O5/c32-27(33)17-25-15-24-16-26(30-18-28(34)36-20-22-9-5-2-6-10-22)12-11-23(24)19-31(29(25)35)14-13-21-7-3-1-4-8-21/h1-12,16,25,30H,13-15,17-20H2,(H,32,33). The normalized spacial score (nSPS) is 15.1. The lowest BCUT2D eigenvalue weighted by Crippen LogP contribution is -2.37. The molecular formula is C29H30N2O5. The Bertz CT molecular complexity index is 1200. The molecule has 0 spiro atoms. The number of anilines is 1. The average molecular weight is 487 g/mol. The summed E-state index contributed by atoms with van der Waals surface area (Å²) in [6.07, 6.45) is 0.826. The van der Waals surface area contributed by atoms with Crippen LogP contribution < -0.4 is 5.32 Å². The van der Waals surface area contributed by atoms with Gasteiger partial charge in [0.15, 0.2) is 0 Å². The molecule has 0 fully saturated rings. The van der Waals surface area contributed by atoms with Crippen molar-refractivity contribution in [3.8, 4) is 0 Å². The van der Waals surface area contributed by atoms with E-state index in [0.717, 1.165) is 27.9 Å². The van der Waals surface area contributed by atoms with Crippen LogP contribution in [0.4, 0.5) is 5.69 Å². The van der Waals surface area contributed by atoms with Crippen LogP contribution in [-0.2, 0) is 45.1 Å². The van der Waals surface area contributed by atoms with Crippen molar-refractivity contribution in [2.24, 2.45) is 5.92 Å². The SMILES string of the molecule is O=C(O)CC1Cc2cc(NCC(=O)OCc3ccccc3)ccc2CN(CCc2ccccc2)C1=O. The zero-order valence-corrected chi connectivity index (χ0v) is 20.1. The van der Waals surface area contributed by atoms with Gasteiger partial charge in [0, 0.05) is 18.8 Å². The van der Waals surface area contributed by atoms with Crippen LogP contribution in [0.25, 0.3) is 0 Å². The highest BCUT2D eigenvalue weighted by Gasteiger charge is 2.31. The number of nitrogens with one attached hydrogen (secondary N) is 1. The summed E-state index contributed by atoms with van der Waals surface area (Å²) in [4.78, 5) is 38.7. The monoisotopic (exact) mass is 486 g/mol. The third-order valence-electron chi connectivity index (χ3n) is 6.31. The summed E-state index contributed by atoms with van der Waals surface area (Å²) in [5.74, 6) is -2.13. The largest absolute Gasteiger partial charge is 0.481 e. The number of hydrogen-bond donors (Lipinski definition) is 2. The first-order chi connectivity index (χ1) is 17.5. The summed E-state index contributed by atoms with van der Waals surface area (Å²) in [5, 5.41) is 12.5. The molecule has 3 aromatic rings. The maximum absolute atomic E-state index is 13.2. The second kappa shape index (κ2) is 12.0. The predicted octanol–water partition coefficient (Wildman–Crippen LogP) is 4.06. The van der Waals surface area contributed by atoms with Crippen LogP contribution in [0.5, 0.6) is 0 Å². The van der Waals surface area contributed by atoms with E-state index in [1.165, 1.54) is 0 Å². The Balaban J connectivity index is 1.42. The van der Waals surface area contributed by atoms with Gasteiger partial charge in [-0.25, -0.2) is 0 Å². The van der Waals surface area contributed by atoms with E-state index in [0.29, 0.717) is 25.9 Å². The van der Waals surface area contributed by atoms with E-state index in [1.807, 2.05) is 78.9 Å². The van der Waals surface area contributed by atoms with E-state index >= 15 is 0 Å². The molecule has 1 unspecified atom stereocenters. The molecule has 1 atom stereocenters. The predicted molar refractivity (Wildman–Crippen MR) is 136 cm³/mol. The number of ether oxygens (including phenoxy) is 1. The Morgan fingerprint density at radius 3 is 2.33 bits per heavy atom. The molecule has 1 aliphatic heterocycles. The molecule has 4 rings (SSSR count). The molecule has 0 radical (unpaired) electrons. The third kappa shape index (κ3) is 6.95. The summed E-state index contributed by atoms with van der Waals surface area (Å²) >= 11 is 0. The Morgan fingerprint density at radius 1 is 0.944 bits per heavy atom. The van der Waals surface area contributed by atoms with Crippen molar-refractivity contribution in [3.63, 3.8) is 0 Å². The third-order valence-corrected chi connectivity index (χ3v) is 6.31. The number of benzene rings is 3. The Hall–Kier alpha value is -4.13. The summed E-state index contributed by atoms with van der Waals surface area (Å²) < 4.78 is 5.32. The van der Waals surface area contributed by atoms with Crippen molar-refractivity contribution < 1.29 is 24.2 Å². The zero-order chi connectivity index (χ0) is 25.3. The number of carboxylic acids is 1. The summed E-state index contributed by atoms with van der Waals surface area (Å²) in [7, 11) is 0. The van der Waals surface area contributed by atoms with Crippen LogP contribution in [0.3, 0.4) is 0 Å². The van der Waals surface area contributed by atoms with Gasteiger partial charge < -0.3 is 20.1 Å². The summed E-state index contributed by atoms with van der Waals surface area (Å²) in [5.41, 5.74) is 4.68. The van der Waals surface area contributed by atoms with Gasteiger partial charge in [-0.3, -0.25) is 14.4 Å². The molecule has 1 amide bonds. The van der Waals surface area contributed by atoms with Crippen molar-refractivity contribution in [3.05, 3.63) is 101 Å². The number of carbonyl (C=O) groups is 3. The second-order valence-corrected chi connectivity index (χ2v) is 8.98. The topological polar surface area (TPSA) is 95.9 Å². The quantitative estimate of drug-likeness (QED) is 0.420. The van der Waals surface area contributed by atoms with Gasteiger partial charge in [0.1, 0.15) is 13.2 Å². The number of fused-ring (bicyclic) bond motifs is 1. The number of carboxylic acid groups (broad SMARTS) is 1. The molecule has 2 N–H and O–H groups in total. The van der Waals surface area contributed by atoms with Crippen molar-refractivity contribution in [2.75, 3.05) is 18.4 Å². The van der Waals surface area contributed by atoms with E-state index in [9.17, 15) is 19.5 Å². The number of rotatable bonds is 10. The lowest BCUT2D eigenvalue weighted by Gasteiger charge is -2.24.